The maximum atomic E-state index is 13.5. The van der Waals surface area contributed by atoms with Gasteiger partial charge in [0.15, 0.2) is 0 Å². The van der Waals surface area contributed by atoms with Crippen molar-refractivity contribution in [1.82, 2.24) is 4.90 Å². The molecule has 190 valence electrons. The Balaban J connectivity index is 1.45. The minimum Gasteiger partial charge on any atom is -0.496 e. The molecule has 3 aromatic carbocycles. The zero-order valence-electron chi connectivity index (χ0n) is 21.1. The zero-order valence-corrected chi connectivity index (χ0v) is 21.1. The van der Waals surface area contributed by atoms with Crippen LogP contribution in [0.2, 0.25) is 0 Å². The van der Waals surface area contributed by atoms with E-state index in [0.29, 0.717) is 17.9 Å². The van der Waals surface area contributed by atoms with Gasteiger partial charge in [-0.05, 0) is 53.8 Å². The lowest BCUT2D eigenvalue weighted by Crippen LogP contribution is -2.60. The number of benzene rings is 3. The minimum atomic E-state index is -1.09. The van der Waals surface area contributed by atoms with Gasteiger partial charge >= 0.3 is 5.97 Å². The summed E-state index contributed by atoms with van der Waals surface area (Å²) in [5.41, 5.74) is 2.94. The molecule has 0 aromatic heterocycles. The van der Waals surface area contributed by atoms with Crippen molar-refractivity contribution in [2.45, 2.75) is 24.2 Å². The third kappa shape index (κ3) is 3.24. The second-order valence-electron chi connectivity index (χ2n) is 10.5. The largest absolute Gasteiger partial charge is 0.496 e. The van der Waals surface area contributed by atoms with E-state index in [1.165, 1.54) is 6.08 Å². The number of rotatable bonds is 5. The number of carbonyl (C=O) groups excluding carboxylic acids is 1. The molecule has 0 spiro atoms. The highest BCUT2D eigenvalue weighted by Gasteiger charge is 2.70. The van der Waals surface area contributed by atoms with Gasteiger partial charge in [-0.2, -0.15) is 5.26 Å². The predicted octanol–water partition coefficient (Wildman–Crippen LogP) is 4.99. The van der Waals surface area contributed by atoms with Gasteiger partial charge in [-0.15, -0.1) is 0 Å². The monoisotopic (exact) mass is 504 g/mol. The summed E-state index contributed by atoms with van der Waals surface area (Å²) >= 11 is 0. The number of para-hydroxylation sites is 1. The molecule has 6 heteroatoms. The fourth-order valence-electron chi connectivity index (χ4n) is 7.54. The maximum absolute atomic E-state index is 13.5. The molecule has 38 heavy (non-hydrogen) atoms. The number of carbonyl (C=O) groups is 2. The smallest absolute Gasteiger partial charge is 0.312 e. The molecule has 4 atom stereocenters. The predicted molar refractivity (Wildman–Crippen MR) is 143 cm³/mol. The average Bonchev–Trinajstić information content (AvgIpc) is 3.40. The van der Waals surface area contributed by atoms with Gasteiger partial charge in [0.05, 0.1) is 24.2 Å². The number of aliphatic carboxylic acids is 1. The Morgan fingerprint density at radius 2 is 1.82 bits per heavy atom. The SMILES string of the molecule is COc1ccccc1/C=C/C(=O)N1C[C@H]2[C@]3(c4ccc(C#N)cc4)CC[C@@H](c4ccccc43)[C@@]2(C(=O)O)C1. The fourth-order valence-corrected chi connectivity index (χ4v) is 7.54. The summed E-state index contributed by atoms with van der Waals surface area (Å²) in [7, 11) is 1.59. The fraction of sp³-hybridized carbons (Fsp3) is 0.281. The number of carboxylic acid groups (broad SMARTS) is 1. The first-order chi connectivity index (χ1) is 18.5. The molecule has 3 aromatic rings. The van der Waals surface area contributed by atoms with Crippen molar-refractivity contribution < 1.29 is 19.4 Å². The zero-order chi connectivity index (χ0) is 26.5. The number of methoxy groups -OCH3 is 1. The first kappa shape index (κ1) is 24.0. The molecule has 1 saturated carbocycles. The molecule has 2 bridgehead atoms. The number of amides is 1. The maximum Gasteiger partial charge on any atom is 0.312 e. The molecular weight excluding hydrogens is 476 g/mol. The Bertz CT molecular complexity index is 1500. The number of carboxylic acids is 1. The Kier molecular flexibility index (Phi) is 5.61. The van der Waals surface area contributed by atoms with Crippen LogP contribution in [-0.4, -0.2) is 42.1 Å². The van der Waals surface area contributed by atoms with Crippen molar-refractivity contribution in [2.24, 2.45) is 11.3 Å². The van der Waals surface area contributed by atoms with E-state index < -0.39 is 16.8 Å². The number of nitrogens with zero attached hydrogens (tertiary/aromatic N) is 2. The normalized spacial score (nSPS) is 27.0. The van der Waals surface area contributed by atoms with Crippen molar-refractivity contribution in [3.8, 4) is 11.8 Å². The van der Waals surface area contributed by atoms with Crippen LogP contribution in [0.3, 0.4) is 0 Å². The van der Waals surface area contributed by atoms with E-state index in [2.05, 4.69) is 18.2 Å². The van der Waals surface area contributed by atoms with E-state index in [0.717, 1.165) is 35.1 Å². The highest BCUT2D eigenvalue weighted by Crippen LogP contribution is 2.68. The molecule has 6 nitrogen and oxygen atoms in total. The van der Waals surface area contributed by atoms with Crippen LogP contribution in [0.4, 0.5) is 0 Å². The second-order valence-corrected chi connectivity index (χ2v) is 10.5. The van der Waals surface area contributed by atoms with Gasteiger partial charge in [-0.3, -0.25) is 9.59 Å². The Labute approximate surface area is 221 Å². The third-order valence-corrected chi connectivity index (χ3v) is 9.12. The van der Waals surface area contributed by atoms with E-state index in [1.54, 1.807) is 18.1 Å². The first-order valence-corrected chi connectivity index (χ1v) is 12.9. The van der Waals surface area contributed by atoms with Crippen LogP contribution in [0.25, 0.3) is 6.08 Å². The molecule has 1 N–H and O–H groups in total. The summed E-state index contributed by atoms with van der Waals surface area (Å²) in [5, 5.41) is 20.2. The Morgan fingerprint density at radius 1 is 1.08 bits per heavy atom. The lowest BCUT2D eigenvalue weighted by atomic mass is 9.42. The molecule has 1 amide bonds. The third-order valence-electron chi connectivity index (χ3n) is 9.12. The van der Waals surface area contributed by atoms with Crippen LogP contribution in [0.5, 0.6) is 5.75 Å². The Hall–Kier alpha value is -4.37. The van der Waals surface area contributed by atoms with Gasteiger partial charge in [0.2, 0.25) is 5.91 Å². The van der Waals surface area contributed by atoms with Gasteiger partial charge in [-0.25, -0.2) is 0 Å². The van der Waals surface area contributed by atoms with Gasteiger partial charge in [0.25, 0.3) is 0 Å². The number of hydrogen-bond donors (Lipinski definition) is 1. The lowest BCUT2D eigenvalue weighted by Gasteiger charge is -2.59. The molecule has 3 aliphatic carbocycles. The van der Waals surface area contributed by atoms with Crippen LogP contribution in [0.15, 0.2) is 78.9 Å². The standard InChI is InChI=1S/C32H28N2O4/c1-38-27-9-5-2-6-22(27)12-15-29(35)34-19-28-31(23-13-10-21(18-33)11-14-23)17-16-26(32(28,20-34)30(36)37)24-7-3-4-8-25(24)31/h2-15,26,28H,16-17,19-20H2,1H3,(H,36,37)/b15-12+/t26-,28-,31-,32-/m0/s1. The average molecular weight is 505 g/mol. The van der Waals surface area contributed by atoms with Crippen molar-refractivity contribution in [2.75, 3.05) is 20.2 Å². The summed E-state index contributed by atoms with van der Waals surface area (Å²) in [6.45, 7) is 0.519. The summed E-state index contributed by atoms with van der Waals surface area (Å²) in [5.74, 6) is -0.842. The summed E-state index contributed by atoms with van der Waals surface area (Å²) in [6, 6.07) is 25.4. The Morgan fingerprint density at radius 3 is 2.55 bits per heavy atom. The molecule has 1 aliphatic heterocycles. The van der Waals surface area contributed by atoms with E-state index in [1.807, 2.05) is 60.7 Å². The topological polar surface area (TPSA) is 90.6 Å². The number of likely N-dealkylation sites (tertiary alicyclic amines) is 1. The van der Waals surface area contributed by atoms with E-state index in [-0.39, 0.29) is 24.3 Å². The first-order valence-electron chi connectivity index (χ1n) is 12.9. The van der Waals surface area contributed by atoms with Gasteiger partial charge in [-0.1, -0.05) is 54.6 Å². The van der Waals surface area contributed by atoms with Crippen molar-refractivity contribution in [3.63, 3.8) is 0 Å². The van der Waals surface area contributed by atoms with Crippen molar-refractivity contribution >= 4 is 18.0 Å². The molecule has 0 radical (unpaired) electrons. The molecule has 1 heterocycles. The van der Waals surface area contributed by atoms with E-state index >= 15 is 0 Å². The number of ether oxygens (including phenoxy) is 1. The number of fused-ring (bicyclic) bond motifs is 1. The van der Waals surface area contributed by atoms with Crippen LogP contribution >= 0.6 is 0 Å². The molecule has 4 aliphatic rings. The van der Waals surface area contributed by atoms with Crippen molar-refractivity contribution in [3.05, 3.63) is 107 Å². The van der Waals surface area contributed by atoms with Crippen molar-refractivity contribution in [1.29, 1.82) is 5.26 Å². The number of hydrogen-bond acceptors (Lipinski definition) is 4. The highest BCUT2D eigenvalue weighted by atomic mass is 16.5. The van der Waals surface area contributed by atoms with Crippen LogP contribution in [0.1, 0.15) is 46.6 Å². The minimum absolute atomic E-state index is 0.166. The number of nitriles is 1. The highest BCUT2D eigenvalue weighted by molar-refractivity contribution is 5.93. The van der Waals surface area contributed by atoms with Crippen LogP contribution < -0.4 is 4.74 Å². The molecular formula is C32H28N2O4. The molecule has 2 fully saturated rings. The molecule has 7 rings (SSSR count). The molecule has 1 saturated heterocycles. The lowest BCUT2D eigenvalue weighted by molar-refractivity contribution is -0.157. The van der Waals surface area contributed by atoms with Crippen LogP contribution in [0, 0.1) is 22.7 Å². The quantitative estimate of drug-likeness (QED) is 0.495. The molecule has 0 unspecified atom stereocenters. The van der Waals surface area contributed by atoms with E-state index in [4.69, 9.17) is 4.74 Å². The summed E-state index contributed by atoms with van der Waals surface area (Å²) in [6.07, 6.45) is 4.79. The second kappa shape index (κ2) is 8.88. The van der Waals surface area contributed by atoms with Gasteiger partial charge in [0, 0.05) is 42.0 Å². The van der Waals surface area contributed by atoms with Gasteiger partial charge in [0.1, 0.15) is 5.75 Å². The summed E-state index contributed by atoms with van der Waals surface area (Å²) < 4.78 is 5.40. The summed E-state index contributed by atoms with van der Waals surface area (Å²) in [4.78, 5) is 28.5. The van der Waals surface area contributed by atoms with Crippen LogP contribution in [-0.2, 0) is 15.0 Å². The van der Waals surface area contributed by atoms with Gasteiger partial charge < -0.3 is 14.7 Å². The van der Waals surface area contributed by atoms with E-state index in [9.17, 15) is 20.0 Å².